The van der Waals surface area contributed by atoms with E-state index in [2.05, 4.69) is 5.32 Å². The minimum absolute atomic E-state index is 0.0862. The molecule has 0 saturated heterocycles. The number of rotatable bonds is 6. The number of carboxylic acid groups (broad SMARTS) is 1. The van der Waals surface area contributed by atoms with Gasteiger partial charge in [0.05, 0.1) is 0 Å². The van der Waals surface area contributed by atoms with Crippen molar-refractivity contribution >= 4 is 29.4 Å². The van der Waals surface area contributed by atoms with Gasteiger partial charge in [0, 0.05) is 31.5 Å². The molecule has 8 heteroatoms. The molecule has 2 atom stereocenters. The molecule has 0 bridgehead atoms. The second kappa shape index (κ2) is 7.53. The Bertz CT molecular complexity index is 664. The van der Waals surface area contributed by atoms with Crippen LogP contribution < -0.4 is 10.1 Å². The fourth-order valence-electron chi connectivity index (χ4n) is 2.52. The lowest BCUT2D eigenvalue weighted by molar-refractivity contribution is -0.152. The van der Waals surface area contributed by atoms with Crippen LogP contribution >= 0.6 is 11.6 Å². The zero-order valence-corrected chi connectivity index (χ0v) is 14.2. The Hall–Kier alpha value is -2.28. The number of carboxylic acids is 1. The number of hydrogen-bond donors (Lipinski definition) is 2. The molecule has 1 heterocycles. The number of nitrogens with zero attached hydrogens (tertiary/aromatic N) is 1. The zero-order chi connectivity index (χ0) is 17.9. The van der Waals surface area contributed by atoms with Crippen LogP contribution in [-0.4, -0.2) is 53.0 Å². The molecule has 2 N–H and O–H groups in total. The Kier molecular flexibility index (Phi) is 5.66. The van der Waals surface area contributed by atoms with Gasteiger partial charge in [0.1, 0.15) is 11.8 Å². The largest absolute Gasteiger partial charge is 0.480 e. The second-order valence-corrected chi connectivity index (χ2v) is 6.03. The van der Waals surface area contributed by atoms with E-state index in [1.807, 2.05) is 0 Å². The van der Waals surface area contributed by atoms with Crippen LogP contribution in [0.4, 0.5) is 0 Å². The molecule has 1 aliphatic heterocycles. The van der Waals surface area contributed by atoms with E-state index in [0.717, 1.165) is 5.56 Å². The van der Waals surface area contributed by atoms with Crippen molar-refractivity contribution in [2.45, 2.75) is 32.4 Å². The van der Waals surface area contributed by atoms with Crippen molar-refractivity contribution in [1.29, 1.82) is 0 Å². The molecule has 1 aromatic carbocycles. The van der Waals surface area contributed by atoms with E-state index in [1.165, 1.54) is 18.7 Å². The number of hydrogen-bond acceptors (Lipinski definition) is 4. The number of halogens is 1. The molecule has 0 spiro atoms. The van der Waals surface area contributed by atoms with E-state index in [-0.39, 0.29) is 19.0 Å². The first-order chi connectivity index (χ1) is 11.3. The predicted octanol–water partition coefficient (Wildman–Crippen LogP) is 1.08. The highest BCUT2D eigenvalue weighted by Gasteiger charge is 2.36. The van der Waals surface area contributed by atoms with Crippen LogP contribution in [0.3, 0.4) is 0 Å². The van der Waals surface area contributed by atoms with Gasteiger partial charge in [-0.3, -0.25) is 9.59 Å². The minimum atomic E-state index is -1.12. The van der Waals surface area contributed by atoms with Crippen LogP contribution in [0.15, 0.2) is 18.2 Å². The third-order valence-electron chi connectivity index (χ3n) is 3.81. The van der Waals surface area contributed by atoms with Crippen LogP contribution in [0.1, 0.15) is 19.4 Å². The molecular weight excluding hydrogens is 336 g/mol. The van der Waals surface area contributed by atoms with Crippen LogP contribution in [0.2, 0.25) is 5.02 Å². The highest BCUT2D eigenvalue weighted by atomic mass is 35.5. The first kappa shape index (κ1) is 18.1. The smallest absolute Gasteiger partial charge is 0.326 e. The van der Waals surface area contributed by atoms with Gasteiger partial charge >= 0.3 is 5.97 Å². The molecule has 24 heavy (non-hydrogen) atoms. The summed E-state index contributed by atoms with van der Waals surface area (Å²) in [5.41, 5.74) is 0.811. The normalized spacial score (nSPS) is 16.7. The standard InChI is InChI=1S/C16H19ClN2O5/c1-9(16(22)23)19(6-5-18-10(2)20)15(21)14-8-11-7-12(17)3-4-13(11)24-14/h3-4,7,9,14H,5-6,8H2,1-2H3,(H,18,20)(H,22,23). The van der Waals surface area contributed by atoms with E-state index in [1.54, 1.807) is 18.2 Å². The Morgan fingerprint density at radius 1 is 1.46 bits per heavy atom. The molecule has 1 aromatic rings. The van der Waals surface area contributed by atoms with Crippen LogP contribution in [0, 0.1) is 0 Å². The maximum Gasteiger partial charge on any atom is 0.326 e. The number of carbonyl (C=O) groups is 3. The number of fused-ring (bicyclic) bond motifs is 1. The Balaban J connectivity index is 2.10. The topological polar surface area (TPSA) is 95.9 Å². The molecule has 0 aliphatic carbocycles. The van der Waals surface area contributed by atoms with Gasteiger partial charge in [-0.15, -0.1) is 0 Å². The maximum atomic E-state index is 12.7. The van der Waals surface area contributed by atoms with Gasteiger partial charge in [-0.25, -0.2) is 4.79 Å². The van der Waals surface area contributed by atoms with Crippen molar-refractivity contribution in [1.82, 2.24) is 10.2 Å². The van der Waals surface area contributed by atoms with Gasteiger partial charge in [-0.1, -0.05) is 11.6 Å². The molecule has 7 nitrogen and oxygen atoms in total. The molecule has 0 fully saturated rings. The van der Waals surface area contributed by atoms with Crippen molar-refractivity contribution in [2.75, 3.05) is 13.1 Å². The average molecular weight is 355 g/mol. The zero-order valence-electron chi connectivity index (χ0n) is 13.4. The lowest BCUT2D eigenvalue weighted by Crippen LogP contribution is -2.51. The molecule has 2 rings (SSSR count). The van der Waals surface area contributed by atoms with E-state index >= 15 is 0 Å². The summed E-state index contributed by atoms with van der Waals surface area (Å²) in [5, 5.41) is 12.3. The summed E-state index contributed by atoms with van der Waals surface area (Å²) in [4.78, 5) is 36.2. The molecule has 0 saturated carbocycles. The molecule has 0 radical (unpaired) electrons. The van der Waals surface area contributed by atoms with Gasteiger partial charge in [-0.05, 0) is 30.7 Å². The maximum absolute atomic E-state index is 12.7. The van der Waals surface area contributed by atoms with E-state index < -0.39 is 24.0 Å². The monoisotopic (exact) mass is 354 g/mol. The van der Waals surface area contributed by atoms with Gasteiger partial charge in [0.15, 0.2) is 6.10 Å². The second-order valence-electron chi connectivity index (χ2n) is 5.59. The summed E-state index contributed by atoms with van der Waals surface area (Å²) in [7, 11) is 0. The average Bonchev–Trinajstić information content (AvgIpc) is 2.93. The van der Waals surface area contributed by atoms with Crippen molar-refractivity contribution in [3.05, 3.63) is 28.8 Å². The predicted molar refractivity (Wildman–Crippen MR) is 87.1 cm³/mol. The van der Waals surface area contributed by atoms with E-state index in [0.29, 0.717) is 17.2 Å². The third kappa shape index (κ3) is 4.17. The van der Waals surface area contributed by atoms with Gasteiger partial charge in [0.25, 0.3) is 5.91 Å². The van der Waals surface area contributed by atoms with Gasteiger partial charge in [0.2, 0.25) is 5.91 Å². The molecule has 0 aromatic heterocycles. The van der Waals surface area contributed by atoms with Crippen molar-refractivity contribution < 1.29 is 24.2 Å². The first-order valence-electron chi connectivity index (χ1n) is 7.52. The highest BCUT2D eigenvalue weighted by Crippen LogP contribution is 2.31. The molecule has 2 amide bonds. The molecule has 2 unspecified atom stereocenters. The molecule has 130 valence electrons. The van der Waals surface area contributed by atoms with Crippen LogP contribution in [0.5, 0.6) is 5.75 Å². The Labute approximate surface area is 144 Å². The van der Waals surface area contributed by atoms with Crippen molar-refractivity contribution in [3.63, 3.8) is 0 Å². The summed E-state index contributed by atoms with van der Waals surface area (Å²) in [6, 6.07) is 4.06. The lowest BCUT2D eigenvalue weighted by Gasteiger charge is -2.28. The van der Waals surface area contributed by atoms with Crippen LogP contribution in [-0.2, 0) is 20.8 Å². The fourth-order valence-corrected chi connectivity index (χ4v) is 2.71. The van der Waals surface area contributed by atoms with Crippen molar-refractivity contribution in [3.8, 4) is 5.75 Å². The number of carbonyl (C=O) groups excluding carboxylic acids is 2. The SMILES string of the molecule is CC(=O)NCCN(C(=O)C1Cc2cc(Cl)ccc2O1)C(C)C(=O)O. The van der Waals surface area contributed by atoms with Crippen molar-refractivity contribution in [2.24, 2.45) is 0 Å². The highest BCUT2D eigenvalue weighted by molar-refractivity contribution is 6.30. The Morgan fingerprint density at radius 2 is 2.17 bits per heavy atom. The van der Waals surface area contributed by atoms with E-state index in [4.69, 9.17) is 16.3 Å². The summed E-state index contributed by atoms with van der Waals surface area (Å²) in [6.45, 7) is 3.03. The number of aliphatic carboxylic acids is 1. The third-order valence-corrected chi connectivity index (χ3v) is 4.04. The first-order valence-corrected chi connectivity index (χ1v) is 7.90. The summed E-state index contributed by atoms with van der Waals surface area (Å²) in [5.74, 6) is -1.22. The summed E-state index contributed by atoms with van der Waals surface area (Å²) in [6.07, 6.45) is -0.463. The van der Waals surface area contributed by atoms with Gasteiger partial charge < -0.3 is 20.1 Å². The summed E-state index contributed by atoms with van der Waals surface area (Å²) < 4.78 is 5.63. The number of nitrogens with one attached hydrogen (secondary N) is 1. The number of benzene rings is 1. The number of amides is 2. The molecular formula is C16H19ClN2O5. The lowest BCUT2D eigenvalue weighted by atomic mass is 10.1. The summed E-state index contributed by atoms with van der Waals surface area (Å²) >= 11 is 5.93. The quantitative estimate of drug-likeness (QED) is 0.797. The minimum Gasteiger partial charge on any atom is -0.480 e. The van der Waals surface area contributed by atoms with Gasteiger partial charge in [-0.2, -0.15) is 0 Å². The fraction of sp³-hybridized carbons (Fsp3) is 0.438. The number of ether oxygens (including phenoxy) is 1. The van der Waals surface area contributed by atoms with E-state index in [9.17, 15) is 19.5 Å². The molecule has 1 aliphatic rings. The Morgan fingerprint density at radius 3 is 2.79 bits per heavy atom. The van der Waals surface area contributed by atoms with Crippen LogP contribution in [0.25, 0.3) is 0 Å².